The Labute approximate surface area is 151 Å². The monoisotopic (exact) mass is 340 g/mol. The fourth-order valence-corrected chi connectivity index (χ4v) is 2.86. The molecule has 3 aromatic carbocycles. The van der Waals surface area contributed by atoms with E-state index >= 15 is 0 Å². The summed E-state index contributed by atoms with van der Waals surface area (Å²) in [5, 5.41) is 0. The fraction of sp³-hybridized carbons (Fsp3) is 0.0455. The highest BCUT2D eigenvalue weighted by molar-refractivity contribution is 5.87. The summed E-state index contributed by atoms with van der Waals surface area (Å²) in [4.78, 5) is 20.9. The number of nitrogens with zero attached hydrogens (tertiary/aromatic N) is 2. The van der Waals surface area contributed by atoms with E-state index in [4.69, 9.17) is 14.7 Å². The van der Waals surface area contributed by atoms with Crippen molar-refractivity contribution < 1.29 is 9.53 Å². The standard InChI is InChI=1S/C22H16N2O2/c1-15(25)26-18-12-13-19-20(14-18)24-22(17-10-6-3-7-11-17)21(23-19)16-8-4-2-5-9-16/h2-14H,1H3. The third-order valence-electron chi connectivity index (χ3n) is 3.99. The van der Waals surface area contributed by atoms with Crippen LogP contribution in [-0.4, -0.2) is 15.9 Å². The molecule has 0 radical (unpaired) electrons. The van der Waals surface area contributed by atoms with Gasteiger partial charge in [0.25, 0.3) is 0 Å². The molecule has 0 fully saturated rings. The molecule has 0 bridgehead atoms. The van der Waals surface area contributed by atoms with Crippen molar-refractivity contribution in [3.63, 3.8) is 0 Å². The first-order chi connectivity index (χ1) is 12.7. The number of esters is 1. The van der Waals surface area contributed by atoms with Crippen LogP contribution in [0.5, 0.6) is 5.75 Å². The van der Waals surface area contributed by atoms with Gasteiger partial charge >= 0.3 is 5.97 Å². The van der Waals surface area contributed by atoms with Crippen molar-refractivity contribution in [1.82, 2.24) is 9.97 Å². The van der Waals surface area contributed by atoms with Crippen LogP contribution in [0.25, 0.3) is 33.5 Å². The van der Waals surface area contributed by atoms with Crippen LogP contribution in [0.1, 0.15) is 6.92 Å². The Hall–Kier alpha value is -3.53. The van der Waals surface area contributed by atoms with Gasteiger partial charge in [0.05, 0.1) is 22.4 Å². The molecular weight excluding hydrogens is 324 g/mol. The van der Waals surface area contributed by atoms with Gasteiger partial charge in [0.2, 0.25) is 0 Å². The maximum Gasteiger partial charge on any atom is 0.308 e. The molecule has 4 nitrogen and oxygen atoms in total. The zero-order valence-electron chi connectivity index (χ0n) is 14.2. The Morgan fingerprint density at radius 3 is 1.81 bits per heavy atom. The zero-order chi connectivity index (χ0) is 17.9. The van der Waals surface area contributed by atoms with Gasteiger partial charge < -0.3 is 4.74 Å². The van der Waals surface area contributed by atoms with Crippen molar-refractivity contribution >= 4 is 17.0 Å². The second-order valence-electron chi connectivity index (χ2n) is 5.90. The highest BCUT2D eigenvalue weighted by Crippen LogP contribution is 2.31. The Bertz CT molecular complexity index is 1080. The minimum atomic E-state index is -0.360. The Morgan fingerprint density at radius 1 is 0.731 bits per heavy atom. The van der Waals surface area contributed by atoms with Gasteiger partial charge in [0.1, 0.15) is 5.75 Å². The van der Waals surface area contributed by atoms with Crippen LogP contribution in [0.15, 0.2) is 78.9 Å². The lowest BCUT2D eigenvalue weighted by molar-refractivity contribution is -0.131. The summed E-state index contributed by atoms with van der Waals surface area (Å²) < 4.78 is 5.18. The average molecular weight is 340 g/mol. The third-order valence-corrected chi connectivity index (χ3v) is 3.99. The largest absolute Gasteiger partial charge is 0.427 e. The Kier molecular flexibility index (Phi) is 4.15. The smallest absolute Gasteiger partial charge is 0.308 e. The maximum absolute atomic E-state index is 11.2. The van der Waals surface area contributed by atoms with Gasteiger partial charge in [0, 0.05) is 24.1 Å². The number of hydrogen-bond acceptors (Lipinski definition) is 4. The molecule has 0 atom stereocenters. The van der Waals surface area contributed by atoms with Crippen LogP contribution in [0, 0.1) is 0 Å². The van der Waals surface area contributed by atoms with Gasteiger partial charge in [-0.05, 0) is 12.1 Å². The molecule has 0 aliphatic heterocycles. The van der Waals surface area contributed by atoms with Crippen LogP contribution in [-0.2, 0) is 4.79 Å². The molecule has 0 spiro atoms. The van der Waals surface area contributed by atoms with Crippen molar-refractivity contribution in [2.24, 2.45) is 0 Å². The van der Waals surface area contributed by atoms with Gasteiger partial charge in [-0.25, -0.2) is 9.97 Å². The van der Waals surface area contributed by atoms with Gasteiger partial charge in [-0.2, -0.15) is 0 Å². The van der Waals surface area contributed by atoms with Crippen molar-refractivity contribution in [1.29, 1.82) is 0 Å². The normalized spacial score (nSPS) is 10.7. The summed E-state index contributed by atoms with van der Waals surface area (Å²) in [7, 11) is 0. The van der Waals surface area contributed by atoms with E-state index < -0.39 is 0 Å². The molecule has 0 aliphatic carbocycles. The fourth-order valence-electron chi connectivity index (χ4n) is 2.86. The molecule has 0 amide bonds. The van der Waals surface area contributed by atoms with Crippen LogP contribution in [0.3, 0.4) is 0 Å². The first-order valence-corrected chi connectivity index (χ1v) is 8.32. The molecule has 1 heterocycles. The number of carbonyl (C=O) groups is 1. The van der Waals surface area contributed by atoms with Gasteiger partial charge in [0.15, 0.2) is 0 Å². The lowest BCUT2D eigenvalue weighted by atomic mass is 10.0. The van der Waals surface area contributed by atoms with Crippen molar-refractivity contribution in [3.05, 3.63) is 78.9 Å². The predicted molar refractivity (Wildman–Crippen MR) is 102 cm³/mol. The molecule has 4 aromatic rings. The van der Waals surface area contributed by atoms with Crippen molar-refractivity contribution in [3.8, 4) is 28.3 Å². The summed E-state index contributed by atoms with van der Waals surface area (Å²) in [6, 6.07) is 25.2. The van der Waals surface area contributed by atoms with Gasteiger partial charge in [-0.1, -0.05) is 60.7 Å². The number of rotatable bonds is 3. The number of aromatic nitrogens is 2. The van der Waals surface area contributed by atoms with Crippen molar-refractivity contribution in [2.75, 3.05) is 0 Å². The molecule has 0 N–H and O–H groups in total. The lowest BCUT2D eigenvalue weighted by Gasteiger charge is -2.11. The molecule has 1 aromatic heterocycles. The second-order valence-corrected chi connectivity index (χ2v) is 5.90. The van der Waals surface area contributed by atoms with Gasteiger partial charge in [-0.15, -0.1) is 0 Å². The van der Waals surface area contributed by atoms with E-state index in [9.17, 15) is 4.79 Å². The summed E-state index contributed by atoms with van der Waals surface area (Å²) >= 11 is 0. The number of ether oxygens (including phenoxy) is 1. The van der Waals surface area contributed by atoms with Crippen LogP contribution < -0.4 is 4.74 Å². The van der Waals surface area contributed by atoms with E-state index in [1.165, 1.54) is 6.92 Å². The van der Waals surface area contributed by atoms with E-state index in [1.807, 2.05) is 66.7 Å². The average Bonchev–Trinajstić information content (AvgIpc) is 2.68. The molecule has 0 aliphatic rings. The van der Waals surface area contributed by atoms with Crippen LogP contribution >= 0.6 is 0 Å². The van der Waals surface area contributed by atoms with Crippen LogP contribution in [0.4, 0.5) is 0 Å². The minimum Gasteiger partial charge on any atom is -0.427 e. The summed E-state index contributed by atoms with van der Waals surface area (Å²) in [6.07, 6.45) is 0. The van der Waals surface area contributed by atoms with E-state index in [-0.39, 0.29) is 5.97 Å². The Balaban J connectivity index is 1.95. The number of benzene rings is 3. The quantitative estimate of drug-likeness (QED) is 0.394. The molecule has 0 saturated carbocycles. The third kappa shape index (κ3) is 3.17. The molecule has 126 valence electrons. The van der Waals surface area contributed by atoms with Crippen molar-refractivity contribution in [2.45, 2.75) is 6.92 Å². The maximum atomic E-state index is 11.2. The van der Waals surface area contributed by atoms with Crippen LogP contribution in [0.2, 0.25) is 0 Å². The topological polar surface area (TPSA) is 52.1 Å². The molecule has 4 rings (SSSR count). The van der Waals surface area contributed by atoms with E-state index in [1.54, 1.807) is 12.1 Å². The molecule has 4 heteroatoms. The molecular formula is C22H16N2O2. The first-order valence-electron chi connectivity index (χ1n) is 8.32. The van der Waals surface area contributed by atoms with E-state index in [0.29, 0.717) is 11.3 Å². The minimum absolute atomic E-state index is 0.360. The number of carbonyl (C=O) groups excluding carboxylic acids is 1. The molecule has 0 unspecified atom stereocenters. The SMILES string of the molecule is CC(=O)Oc1ccc2nc(-c3ccccc3)c(-c3ccccc3)nc2c1. The summed E-state index contributed by atoms with van der Waals surface area (Å²) in [6.45, 7) is 1.38. The van der Waals surface area contributed by atoms with E-state index in [2.05, 4.69) is 0 Å². The predicted octanol–water partition coefficient (Wildman–Crippen LogP) is 4.89. The lowest BCUT2D eigenvalue weighted by Crippen LogP contribution is -2.02. The summed E-state index contributed by atoms with van der Waals surface area (Å²) in [5.74, 6) is 0.104. The molecule has 0 saturated heterocycles. The first kappa shape index (κ1) is 16.0. The number of hydrogen-bond donors (Lipinski definition) is 0. The molecule has 26 heavy (non-hydrogen) atoms. The second kappa shape index (κ2) is 6.76. The summed E-state index contributed by atoms with van der Waals surface area (Å²) in [5.41, 5.74) is 5.04. The van der Waals surface area contributed by atoms with Gasteiger partial charge in [-0.3, -0.25) is 4.79 Å². The highest BCUT2D eigenvalue weighted by Gasteiger charge is 2.13. The highest BCUT2D eigenvalue weighted by atomic mass is 16.5. The number of fused-ring (bicyclic) bond motifs is 1. The Morgan fingerprint density at radius 2 is 1.27 bits per heavy atom. The zero-order valence-corrected chi connectivity index (χ0v) is 14.2. The van der Waals surface area contributed by atoms with E-state index in [0.717, 1.165) is 28.0 Å².